The minimum Gasteiger partial charge on any atom is -0.287 e. The SMILES string of the molecule is CCN(CC#N)Cc1ccnc2ccccc12. The van der Waals surface area contributed by atoms with Crippen LogP contribution in [0.3, 0.4) is 0 Å². The summed E-state index contributed by atoms with van der Waals surface area (Å²) in [6, 6.07) is 12.3. The molecule has 0 aliphatic rings. The molecule has 0 aliphatic carbocycles. The Morgan fingerprint density at radius 2 is 2.12 bits per heavy atom. The standard InChI is InChI=1S/C14H15N3/c1-2-17(10-8-15)11-12-7-9-16-14-6-4-3-5-13(12)14/h3-7,9H,2,10-11H2,1H3. The third-order valence-electron chi connectivity index (χ3n) is 2.87. The molecule has 0 spiro atoms. The van der Waals surface area contributed by atoms with E-state index in [0.717, 1.165) is 18.6 Å². The number of para-hydroxylation sites is 1. The van der Waals surface area contributed by atoms with E-state index in [4.69, 9.17) is 5.26 Å². The predicted octanol–water partition coefficient (Wildman–Crippen LogP) is 2.58. The Balaban J connectivity index is 2.32. The van der Waals surface area contributed by atoms with Gasteiger partial charge < -0.3 is 0 Å². The Bertz CT molecular complexity index is 537. The summed E-state index contributed by atoms with van der Waals surface area (Å²) >= 11 is 0. The van der Waals surface area contributed by atoms with E-state index in [1.54, 1.807) is 0 Å². The van der Waals surface area contributed by atoms with Gasteiger partial charge in [0.1, 0.15) is 0 Å². The van der Waals surface area contributed by atoms with Crippen molar-refractivity contribution in [2.24, 2.45) is 0 Å². The van der Waals surface area contributed by atoms with Gasteiger partial charge in [-0.15, -0.1) is 0 Å². The van der Waals surface area contributed by atoms with Gasteiger partial charge in [-0.2, -0.15) is 5.26 Å². The van der Waals surface area contributed by atoms with Crippen LogP contribution in [0.2, 0.25) is 0 Å². The zero-order valence-electron chi connectivity index (χ0n) is 9.93. The topological polar surface area (TPSA) is 39.9 Å². The Morgan fingerprint density at radius 3 is 2.88 bits per heavy atom. The first kappa shape index (κ1) is 11.6. The van der Waals surface area contributed by atoms with Gasteiger partial charge >= 0.3 is 0 Å². The van der Waals surface area contributed by atoms with Gasteiger partial charge in [0.2, 0.25) is 0 Å². The van der Waals surface area contributed by atoms with Gasteiger partial charge in [0.05, 0.1) is 18.1 Å². The van der Waals surface area contributed by atoms with Crippen LogP contribution in [0.4, 0.5) is 0 Å². The molecule has 0 amide bonds. The number of fused-ring (bicyclic) bond motifs is 1. The van der Waals surface area contributed by atoms with E-state index in [9.17, 15) is 0 Å². The van der Waals surface area contributed by atoms with E-state index >= 15 is 0 Å². The van der Waals surface area contributed by atoms with Gasteiger partial charge in [-0.25, -0.2) is 0 Å². The molecule has 2 aromatic rings. The maximum absolute atomic E-state index is 8.76. The Labute approximate surface area is 101 Å². The van der Waals surface area contributed by atoms with Crippen LogP contribution in [0, 0.1) is 11.3 Å². The fraction of sp³-hybridized carbons (Fsp3) is 0.286. The number of nitriles is 1. The van der Waals surface area contributed by atoms with Crippen molar-refractivity contribution in [3.63, 3.8) is 0 Å². The van der Waals surface area contributed by atoms with Gasteiger partial charge in [0, 0.05) is 18.1 Å². The van der Waals surface area contributed by atoms with E-state index in [1.807, 2.05) is 30.5 Å². The van der Waals surface area contributed by atoms with Crippen LogP contribution in [0.15, 0.2) is 36.5 Å². The highest BCUT2D eigenvalue weighted by molar-refractivity contribution is 5.81. The second-order valence-corrected chi connectivity index (χ2v) is 3.95. The van der Waals surface area contributed by atoms with Crippen LogP contribution in [-0.4, -0.2) is 23.0 Å². The smallest absolute Gasteiger partial charge is 0.0868 e. The summed E-state index contributed by atoms with van der Waals surface area (Å²) in [4.78, 5) is 6.45. The summed E-state index contributed by atoms with van der Waals surface area (Å²) in [6.45, 7) is 4.21. The molecule has 0 radical (unpaired) electrons. The second-order valence-electron chi connectivity index (χ2n) is 3.95. The van der Waals surface area contributed by atoms with Crippen LogP contribution < -0.4 is 0 Å². The molecule has 0 saturated carbocycles. The predicted molar refractivity (Wildman–Crippen MR) is 68.3 cm³/mol. The lowest BCUT2D eigenvalue weighted by Gasteiger charge is -2.17. The highest BCUT2D eigenvalue weighted by atomic mass is 15.1. The Morgan fingerprint density at radius 1 is 1.29 bits per heavy atom. The maximum Gasteiger partial charge on any atom is 0.0868 e. The number of hydrogen-bond donors (Lipinski definition) is 0. The Hall–Kier alpha value is -1.92. The molecule has 86 valence electrons. The third kappa shape index (κ3) is 2.61. The minimum absolute atomic E-state index is 0.465. The minimum atomic E-state index is 0.465. The van der Waals surface area contributed by atoms with Crippen molar-refractivity contribution >= 4 is 10.9 Å². The largest absolute Gasteiger partial charge is 0.287 e. The van der Waals surface area contributed by atoms with Crippen molar-refractivity contribution < 1.29 is 0 Å². The molecule has 2 rings (SSSR count). The molecule has 0 unspecified atom stereocenters. The maximum atomic E-state index is 8.76. The lowest BCUT2D eigenvalue weighted by atomic mass is 10.1. The van der Waals surface area contributed by atoms with E-state index < -0.39 is 0 Å². The van der Waals surface area contributed by atoms with E-state index in [-0.39, 0.29) is 0 Å². The molecule has 3 nitrogen and oxygen atoms in total. The second kappa shape index (κ2) is 5.42. The molecule has 1 aromatic carbocycles. The van der Waals surface area contributed by atoms with Crippen LogP contribution in [0.5, 0.6) is 0 Å². The average molecular weight is 225 g/mol. The number of benzene rings is 1. The van der Waals surface area contributed by atoms with Gasteiger partial charge in [0.15, 0.2) is 0 Å². The normalized spacial score (nSPS) is 10.6. The van der Waals surface area contributed by atoms with Gasteiger partial charge in [0.25, 0.3) is 0 Å². The van der Waals surface area contributed by atoms with Crippen LogP contribution >= 0.6 is 0 Å². The van der Waals surface area contributed by atoms with Crippen molar-refractivity contribution in [3.8, 4) is 6.07 Å². The molecule has 3 heteroatoms. The van der Waals surface area contributed by atoms with Gasteiger partial charge in [-0.1, -0.05) is 25.1 Å². The molecule has 0 fully saturated rings. The molecule has 1 aromatic heterocycles. The lowest BCUT2D eigenvalue weighted by Crippen LogP contribution is -2.23. The fourth-order valence-corrected chi connectivity index (χ4v) is 1.91. The summed E-state index contributed by atoms with van der Waals surface area (Å²) in [7, 11) is 0. The highest BCUT2D eigenvalue weighted by Crippen LogP contribution is 2.17. The average Bonchev–Trinajstić information content (AvgIpc) is 2.38. The van der Waals surface area contributed by atoms with Crippen LogP contribution in [-0.2, 0) is 6.54 Å². The summed E-state index contributed by atoms with van der Waals surface area (Å²) < 4.78 is 0. The molecule has 0 aliphatic heterocycles. The number of nitrogens with zero attached hydrogens (tertiary/aromatic N) is 3. The number of hydrogen-bond acceptors (Lipinski definition) is 3. The molecule has 0 bridgehead atoms. The van der Waals surface area contributed by atoms with Crippen molar-refractivity contribution in [1.82, 2.24) is 9.88 Å². The van der Waals surface area contributed by atoms with E-state index in [1.165, 1.54) is 10.9 Å². The van der Waals surface area contributed by atoms with Crippen LogP contribution in [0.25, 0.3) is 10.9 Å². The molecule has 0 saturated heterocycles. The fourth-order valence-electron chi connectivity index (χ4n) is 1.91. The molecule has 1 heterocycles. The Kier molecular flexibility index (Phi) is 3.69. The van der Waals surface area contributed by atoms with Crippen molar-refractivity contribution in [3.05, 3.63) is 42.1 Å². The van der Waals surface area contributed by atoms with E-state index in [0.29, 0.717) is 6.54 Å². The third-order valence-corrected chi connectivity index (χ3v) is 2.87. The zero-order valence-corrected chi connectivity index (χ0v) is 9.93. The molecular formula is C14H15N3. The molecule has 0 atom stereocenters. The summed E-state index contributed by atoms with van der Waals surface area (Å²) in [6.07, 6.45) is 1.83. The van der Waals surface area contributed by atoms with Gasteiger partial charge in [-0.3, -0.25) is 9.88 Å². The van der Waals surface area contributed by atoms with Crippen molar-refractivity contribution in [2.45, 2.75) is 13.5 Å². The first-order valence-corrected chi connectivity index (χ1v) is 5.77. The highest BCUT2D eigenvalue weighted by Gasteiger charge is 2.06. The van der Waals surface area contributed by atoms with E-state index in [2.05, 4.69) is 28.9 Å². The number of aromatic nitrogens is 1. The summed E-state index contributed by atoms with van der Waals surface area (Å²) in [5.74, 6) is 0. The lowest BCUT2D eigenvalue weighted by molar-refractivity contribution is 0.316. The quantitative estimate of drug-likeness (QED) is 0.751. The molecule has 0 N–H and O–H groups in total. The van der Waals surface area contributed by atoms with Crippen LogP contribution in [0.1, 0.15) is 12.5 Å². The zero-order chi connectivity index (χ0) is 12.1. The molecule has 17 heavy (non-hydrogen) atoms. The first-order chi connectivity index (χ1) is 8.35. The first-order valence-electron chi connectivity index (χ1n) is 5.77. The van der Waals surface area contributed by atoms with Gasteiger partial charge in [-0.05, 0) is 24.2 Å². The molecular weight excluding hydrogens is 210 g/mol. The summed E-state index contributed by atoms with van der Waals surface area (Å²) in [5.41, 5.74) is 2.24. The number of pyridine rings is 1. The monoisotopic (exact) mass is 225 g/mol. The van der Waals surface area contributed by atoms with Crippen molar-refractivity contribution in [1.29, 1.82) is 5.26 Å². The number of rotatable bonds is 4. The summed E-state index contributed by atoms with van der Waals surface area (Å²) in [5, 5.41) is 9.93. The van der Waals surface area contributed by atoms with Crippen molar-refractivity contribution in [2.75, 3.05) is 13.1 Å².